The third kappa shape index (κ3) is 4.00. The molecule has 0 atom stereocenters. The molecule has 0 aromatic carbocycles. The Kier molecular flexibility index (Phi) is 3.32. The topological polar surface area (TPSA) is 123 Å². The lowest BCUT2D eigenvalue weighted by molar-refractivity contribution is 0.0663. The number of anilines is 1. The summed E-state index contributed by atoms with van der Waals surface area (Å²) in [7, 11) is -3.52. The van der Waals surface area contributed by atoms with Crippen LogP contribution in [0.3, 0.4) is 0 Å². The number of sulfonamides is 1. The van der Waals surface area contributed by atoms with Crippen LogP contribution in [0.15, 0.2) is 16.5 Å². The number of carboxylic acids is 1. The lowest BCUT2D eigenvalue weighted by Gasteiger charge is -2.00. The highest BCUT2D eigenvalue weighted by Crippen LogP contribution is 2.12. The number of rotatable bonds is 5. The average Bonchev–Trinajstić information content (AvgIpc) is 2.50. The van der Waals surface area contributed by atoms with Crippen molar-refractivity contribution >= 4 is 21.9 Å². The molecule has 0 amide bonds. The summed E-state index contributed by atoms with van der Waals surface area (Å²) in [6, 6.07) is 2.66. The van der Waals surface area contributed by atoms with Crippen LogP contribution in [0.4, 0.5) is 5.88 Å². The van der Waals surface area contributed by atoms with E-state index in [-0.39, 0.29) is 23.9 Å². The van der Waals surface area contributed by atoms with Crippen LogP contribution in [-0.2, 0) is 10.0 Å². The summed E-state index contributed by atoms with van der Waals surface area (Å²) in [5.41, 5.74) is 0. The Hall–Kier alpha value is -1.54. The maximum Gasteiger partial charge on any atom is 0.371 e. The van der Waals surface area contributed by atoms with Gasteiger partial charge in [-0.25, -0.2) is 18.4 Å². The van der Waals surface area contributed by atoms with Crippen molar-refractivity contribution in [1.29, 1.82) is 0 Å². The molecule has 0 fully saturated rings. The summed E-state index contributed by atoms with van der Waals surface area (Å²) in [6.45, 7) is 0.0609. The molecule has 1 rings (SSSR count). The minimum absolute atomic E-state index is 0.0609. The Labute approximate surface area is 85.9 Å². The van der Waals surface area contributed by atoms with E-state index in [1.807, 2.05) is 0 Å². The summed E-state index contributed by atoms with van der Waals surface area (Å²) in [6.07, 6.45) is 0. The standard InChI is InChI=1S/C7H10N2O5S/c8-15(12,13)4-3-9-6-2-1-5(14-6)7(10)11/h1-2,9H,3-4H2,(H,10,11)(H2,8,12,13). The van der Waals surface area contributed by atoms with Crippen LogP contribution in [0.5, 0.6) is 0 Å². The summed E-state index contributed by atoms with van der Waals surface area (Å²) in [5, 5.41) is 15.9. The van der Waals surface area contributed by atoms with Crippen LogP contribution >= 0.6 is 0 Å². The van der Waals surface area contributed by atoms with Crippen molar-refractivity contribution in [3.63, 3.8) is 0 Å². The van der Waals surface area contributed by atoms with E-state index in [4.69, 9.17) is 14.7 Å². The lowest BCUT2D eigenvalue weighted by atomic mass is 10.5. The molecule has 0 aliphatic carbocycles. The minimum Gasteiger partial charge on any atom is -0.475 e. The third-order valence-corrected chi connectivity index (χ3v) is 2.28. The fraction of sp³-hybridized carbons (Fsp3) is 0.286. The summed E-state index contributed by atoms with van der Waals surface area (Å²) in [4.78, 5) is 10.4. The van der Waals surface area contributed by atoms with Gasteiger partial charge in [-0.3, -0.25) is 0 Å². The molecule has 15 heavy (non-hydrogen) atoms. The van der Waals surface area contributed by atoms with Gasteiger partial charge in [-0.15, -0.1) is 0 Å². The maximum absolute atomic E-state index is 10.5. The predicted octanol–water partition coefficient (Wildman–Crippen LogP) is -0.322. The summed E-state index contributed by atoms with van der Waals surface area (Å²) < 4.78 is 25.9. The zero-order chi connectivity index (χ0) is 11.5. The second-order valence-electron chi connectivity index (χ2n) is 2.76. The Morgan fingerprint density at radius 1 is 1.53 bits per heavy atom. The van der Waals surface area contributed by atoms with E-state index in [9.17, 15) is 13.2 Å². The van der Waals surface area contributed by atoms with E-state index in [0.29, 0.717) is 0 Å². The van der Waals surface area contributed by atoms with Gasteiger partial charge in [0, 0.05) is 12.6 Å². The number of carboxylic acid groups (broad SMARTS) is 1. The molecule has 0 spiro atoms. The van der Waals surface area contributed by atoms with Crippen molar-refractivity contribution < 1.29 is 22.7 Å². The first-order valence-corrected chi connectivity index (χ1v) is 5.67. The largest absolute Gasteiger partial charge is 0.475 e. The number of nitrogens with one attached hydrogen (secondary N) is 1. The van der Waals surface area contributed by atoms with E-state index >= 15 is 0 Å². The second-order valence-corrected chi connectivity index (χ2v) is 4.50. The molecule has 0 aliphatic rings. The van der Waals surface area contributed by atoms with Crippen LogP contribution in [0.1, 0.15) is 10.6 Å². The Bertz CT molecular complexity index is 450. The molecular formula is C7H10N2O5S. The van der Waals surface area contributed by atoms with Gasteiger partial charge in [-0.05, 0) is 6.07 Å². The molecule has 1 heterocycles. The molecule has 0 bridgehead atoms. The molecule has 0 saturated carbocycles. The van der Waals surface area contributed by atoms with Gasteiger partial charge >= 0.3 is 5.97 Å². The molecule has 84 valence electrons. The minimum atomic E-state index is -3.52. The quantitative estimate of drug-likeness (QED) is 0.641. The van der Waals surface area contributed by atoms with Crippen LogP contribution in [0, 0.1) is 0 Å². The van der Waals surface area contributed by atoms with Gasteiger partial charge < -0.3 is 14.8 Å². The lowest BCUT2D eigenvalue weighted by Crippen LogP contribution is -2.22. The van der Waals surface area contributed by atoms with Crippen molar-refractivity contribution in [2.75, 3.05) is 17.6 Å². The van der Waals surface area contributed by atoms with Crippen molar-refractivity contribution in [3.05, 3.63) is 17.9 Å². The molecule has 0 aliphatic heterocycles. The van der Waals surface area contributed by atoms with Crippen molar-refractivity contribution in [1.82, 2.24) is 0 Å². The Morgan fingerprint density at radius 2 is 2.20 bits per heavy atom. The first kappa shape index (κ1) is 11.5. The molecule has 0 radical (unpaired) electrons. The zero-order valence-corrected chi connectivity index (χ0v) is 8.45. The summed E-state index contributed by atoms with van der Waals surface area (Å²) in [5.74, 6) is -1.46. The monoisotopic (exact) mass is 234 g/mol. The normalized spacial score (nSPS) is 11.3. The third-order valence-electron chi connectivity index (χ3n) is 1.50. The first-order chi connectivity index (χ1) is 6.88. The van der Waals surface area contributed by atoms with Gasteiger partial charge in [0.2, 0.25) is 15.8 Å². The highest BCUT2D eigenvalue weighted by atomic mass is 32.2. The highest BCUT2D eigenvalue weighted by molar-refractivity contribution is 7.89. The van der Waals surface area contributed by atoms with Crippen molar-refractivity contribution in [3.8, 4) is 0 Å². The van der Waals surface area contributed by atoms with Crippen LogP contribution in [0.2, 0.25) is 0 Å². The van der Waals surface area contributed by atoms with Crippen LogP contribution in [0.25, 0.3) is 0 Å². The van der Waals surface area contributed by atoms with E-state index in [0.717, 1.165) is 0 Å². The van der Waals surface area contributed by atoms with E-state index in [2.05, 4.69) is 5.32 Å². The molecule has 0 saturated heterocycles. The number of hydrogen-bond acceptors (Lipinski definition) is 5. The Balaban J connectivity index is 2.48. The molecule has 8 heteroatoms. The van der Waals surface area contributed by atoms with Gasteiger partial charge in [-0.2, -0.15) is 0 Å². The molecule has 1 aromatic heterocycles. The SMILES string of the molecule is NS(=O)(=O)CCNc1ccc(C(=O)O)o1. The van der Waals surface area contributed by atoms with E-state index in [1.54, 1.807) is 0 Å². The second kappa shape index (κ2) is 4.32. The summed E-state index contributed by atoms with van der Waals surface area (Å²) >= 11 is 0. The molecule has 7 nitrogen and oxygen atoms in total. The van der Waals surface area contributed by atoms with Gasteiger partial charge in [0.1, 0.15) is 0 Å². The highest BCUT2D eigenvalue weighted by Gasteiger charge is 2.09. The van der Waals surface area contributed by atoms with E-state index in [1.165, 1.54) is 12.1 Å². The average molecular weight is 234 g/mol. The van der Waals surface area contributed by atoms with Crippen molar-refractivity contribution in [2.24, 2.45) is 5.14 Å². The van der Waals surface area contributed by atoms with E-state index < -0.39 is 16.0 Å². The number of furan rings is 1. The number of primary sulfonamides is 1. The maximum atomic E-state index is 10.5. The molecule has 1 aromatic rings. The zero-order valence-electron chi connectivity index (χ0n) is 7.63. The predicted molar refractivity (Wildman–Crippen MR) is 52.1 cm³/mol. The van der Waals surface area contributed by atoms with Gasteiger partial charge in [-0.1, -0.05) is 0 Å². The molecule has 4 N–H and O–H groups in total. The Morgan fingerprint density at radius 3 is 2.67 bits per heavy atom. The fourth-order valence-electron chi connectivity index (χ4n) is 0.864. The number of hydrogen-bond donors (Lipinski definition) is 3. The fourth-order valence-corrected chi connectivity index (χ4v) is 1.25. The van der Waals surface area contributed by atoms with Crippen molar-refractivity contribution in [2.45, 2.75) is 0 Å². The number of nitrogens with two attached hydrogens (primary N) is 1. The van der Waals surface area contributed by atoms with Gasteiger partial charge in [0.05, 0.1) is 5.75 Å². The van der Waals surface area contributed by atoms with Gasteiger partial charge in [0.25, 0.3) is 0 Å². The smallest absolute Gasteiger partial charge is 0.371 e. The first-order valence-electron chi connectivity index (χ1n) is 3.96. The number of aromatic carboxylic acids is 1. The van der Waals surface area contributed by atoms with Gasteiger partial charge in [0.15, 0.2) is 5.88 Å². The molecule has 0 unspecified atom stereocenters. The van der Waals surface area contributed by atoms with Crippen LogP contribution in [-0.4, -0.2) is 31.8 Å². The number of carbonyl (C=O) groups is 1. The van der Waals surface area contributed by atoms with Crippen LogP contribution < -0.4 is 10.5 Å². The molecular weight excluding hydrogens is 224 g/mol.